The lowest BCUT2D eigenvalue weighted by atomic mass is 9.98. The molecule has 0 heterocycles. The second kappa shape index (κ2) is 7.78. The molecule has 0 saturated carbocycles. The van der Waals surface area contributed by atoms with Crippen molar-refractivity contribution >= 4 is 23.5 Å². The van der Waals surface area contributed by atoms with Crippen LogP contribution in [0.4, 0.5) is 5.69 Å². The van der Waals surface area contributed by atoms with E-state index >= 15 is 0 Å². The molecule has 0 saturated heterocycles. The largest absolute Gasteiger partial charge is 0.480 e. The summed E-state index contributed by atoms with van der Waals surface area (Å²) in [4.78, 5) is 34.7. The lowest BCUT2D eigenvalue weighted by Gasteiger charge is -2.20. The van der Waals surface area contributed by atoms with Crippen LogP contribution in [-0.2, 0) is 9.59 Å². The number of nitrogens with zero attached hydrogens (tertiary/aromatic N) is 1. The highest BCUT2D eigenvalue weighted by atomic mass is 16.4. The van der Waals surface area contributed by atoms with Crippen LogP contribution in [0.3, 0.4) is 0 Å². The Hall–Kier alpha value is -2.88. The van der Waals surface area contributed by atoms with E-state index in [1.165, 1.54) is 13.0 Å². The molecular formula is C15H17N3O4. The van der Waals surface area contributed by atoms with Gasteiger partial charge in [-0.1, -0.05) is 19.1 Å². The highest BCUT2D eigenvalue weighted by molar-refractivity contribution is 6.04. The molecule has 0 spiro atoms. The zero-order valence-corrected chi connectivity index (χ0v) is 12.3. The van der Waals surface area contributed by atoms with Crippen molar-refractivity contribution in [2.24, 2.45) is 5.92 Å². The summed E-state index contributed by atoms with van der Waals surface area (Å²) >= 11 is 0. The van der Waals surface area contributed by atoms with Crippen molar-refractivity contribution in [1.29, 1.82) is 5.26 Å². The standard InChI is InChI=1S/C15H17N3O4/c1-9(7-8-16)13(15(21)22)18-14(20)11-5-3-4-6-12(11)17-10(2)19/h3-6,9,13H,7H2,1-2H3,(H,17,19)(H,18,20)(H,21,22)/t9-,13+/m1/s1. The number of para-hydroxylation sites is 1. The highest BCUT2D eigenvalue weighted by Crippen LogP contribution is 2.16. The lowest BCUT2D eigenvalue weighted by molar-refractivity contribution is -0.140. The Kier molecular flexibility index (Phi) is 6.08. The quantitative estimate of drug-likeness (QED) is 0.733. The van der Waals surface area contributed by atoms with Crippen LogP contribution in [0.15, 0.2) is 24.3 Å². The third kappa shape index (κ3) is 4.59. The Balaban J connectivity index is 2.98. The van der Waals surface area contributed by atoms with Gasteiger partial charge in [0.2, 0.25) is 5.91 Å². The van der Waals surface area contributed by atoms with Gasteiger partial charge in [0, 0.05) is 19.3 Å². The van der Waals surface area contributed by atoms with Crippen molar-refractivity contribution in [2.75, 3.05) is 5.32 Å². The zero-order valence-electron chi connectivity index (χ0n) is 12.3. The molecule has 2 atom stereocenters. The first-order valence-corrected chi connectivity index (χ1v) is 6.64. The minimum atomic E-state index is -1.21. The smallest absolute Gasteiger partial charge is 0.326 e. The van der Waals surface area contributed by atoms with Gasteiger partial charge in [0.15, 0.2) is 0 Å². The molecule has 1 rings (SSSR count). The van der Waals surface area contributed by atoms with Crippen LogP contribution in [0, 0.1) is 17.2 Å². The number of carbonyl (C=O) groups excluding carboxylic acids is 2. The van der Waals surface area contributed by atoms with Gasteiger partial charge in [-0.05, 0) is 12.1 Å². The molecular weight excluding hydrogens is 286 g/mol. The van der Waals surface area contributed by atoms with Crippen molar-refractivity contribution in [1.82, 2.24) is 5.32 Å². The van der Waals surface area contributed by atoms with Crippen molar-refractivity contribution < 1.29 is 19.5 Å². The van der Waals surface area contributed by atoms with Crippen molar-refractivity contribution in [2.45, 2.75) is 26.3 Å². The number of aliphatic carboxylic acids is 1. The number of nitriles is 1. The Morgan fingerprint density at radius 2 is 1.95 bits per heavy atom. The van der Waals surface area contributed by atoms with Crippen molar-refractivity contribution in [3.8, 4) is 6.07 Å². The van der Waals surface area contributed by atoms with Gasteiger partial charge in [0.05, 0.1) is 17.3 Å². The molecule has 1 aromatic carbocycles. The first-order chi connectivity index (χ1) is 10.4. The maximum Gasteiger partial charge on any atom is 0.326 e. The van der Waals surface area contributed by atoms with Crippen LogP contribution in [0.25, 0.3) is 0 Å². The molecule has 0 fully saturated rings. The first-order valence-electron chi connectivity index (χ1n) is 6.64. The highest BCUT2D eigenvalue weighted by Gasteiger charge is 2.27. The predicted molar refractivity (Wildman–Crippen MR) is 79.0 cm³/mol. The first kappa shape index (κ1) is 17.2. The molecule has 3 N–H and O–H groups in total. The van der Waals surface area contributed by atoms with E-state index in [1.807, 2.05) is 6.07 Å². The Bertz CT molecular complexity index is 621. The second-order valence-electron chi connectivity index (χ2n) is 4.86. The monoisotopic (exact) mass is 303 g/mol. The van der Waals surface area contributed by atoms with Gasteiger partial charge < -0.3 is 15.7 Å². The summed E-state index contributed by atoms with van der Waals surface area (Å²) in [6, 6.07) is 6.98. The molecule has 22 heavy (non-hydrogen) atoms. The molecule has 0 unspecified atom stereocenters. The molecule has 0 radical (unpaired) electrons. The summed E-state index contributed by atoms with van der Waals surface area (Å²) in [6.45, 7) is 2.88. The van der Waals surface area contributed by atoms with Gasteiger partial charge in [0.25, 0.3) is 5.91 Å². The molecule has 0 bridgehead atoms. The number of hydrogen-bond acceptors (Lipinski definition) is 4. The van der Waals surface area contributed by atoms with E-state index in [2.05, 4.69) is 10.6 Å². The second-order valence-corrected chi connectivity index (χ2v) is 4.86. The van der Waals surface area contributed by atoms with Crippen LogP contribution >= 0.6 is 0 Å². The van der Waals surface area contributed by atoms with Crippen LogP contribution in [0.5, 0.6) is 0 Å². The van der Waals surface area contributed by atoms with Crippen molar-refractivity contribution in [3.63, 3.8) is 0 Å². The summed E-state index contributed by atoms with van der Waals surface area (Å²) in [6.07, 6.45) is 0.00455. The maximum absolute atomic E-state index is 12.3. The summed E-state index contributed by atoms with van der Waals surface area (Å²) in [5.74, 6) is -2.72. The number of carboxylic acid groups (broad SMARTS) is 1. The predicted octanol–water partition coefficient (Wildman–Crippen LogP) is 1.38. The number of amides is 2. The fourth-order valence-electron chi connectivity index (χ4n) is 1.91. The molecule has 7 heteroatoms. The molecule has 116 valence electrons. The van der Waals surface area contributed by atoms with Crippen molar-refractivity contribution in [3.05, 3.63) is 29.8 Å². The van der Waals surface area contributed by atoms with E-state index < -0.39 is 23.8 Å². The minimum absolute atomic E-state index is 0.00455. The number of rotatable bonds is 6. The third-order valence-corrected chi connectivity index (χ3v) is 3.02. The molecule has 2 amide bonds. The number of carbonyl (C=O) groups is 3. The van der Waals surface area contributed by atoms with E-state index in [0.717, 1.165) is 0 Å². The van der Waals surface area contributed by atoms with E-state index in [0.29, 0.717) is 5.69 Å². The summed E-state index contributed by atoms with van der Waals surface area (Å²) < 4.78 is 0. The topological polar surface area (TPSA) is 119 Å². The van der Waals surface area contributed by atoms with Gasteiger partial charge in [-0.15, -0.1) is 0 Å². The normalized spacial score (nSPS) is 12.6. The van der Waals surface area contributed by atoms with E-state index in [-0.39, 0.29) is 17.9 Å². The van der Waals surface area contributed by atoms with E-state index in [4.69, 9.17) is 5.26 Å². The van der Waals surface area contributed by atoms with Crippen LogP contribution in [0.1, 0.15) is 30.6 Å². The summed E-state index contributed by atoms with van der Waals surface area (Å²) in [5.41, 5.74) is 0.456. The fraction of sp³-hybridized carbons (Fsp3) is 0.333. The third-order valence-electron chi connectivity index (χ3n) is 3.02. The van der Waals surface area contributed by atoms with E-state index in [1.54, 1.807) is 25.1 Å². The van der Waals surface area contributed by atoms with Crippen LogP contribution in [0.2, 0.25) is 0 Å². The Labute approximate surface area is 127 Å². The minimum Gasteiger partial charge on any atom is -0.480 e. The summed E-state index contributed by atoms with van der Waals surface area (Å²) in [5, 5.41) is 22.7. The van der Waals surface area contributed by atoms with Gasteiger partial charge >= 0.3 is 5.97 Å². The van der Waals surface area contributed by atoms with Gasteiger partial charge in [-0.3, -0.25) is 9.59 Å². The number of hydrogen-bond donors (Lipinski definition) is 3. The molecule has 0 aliphatic heterocycles. The number of benzene rings is 1. The molecule has 0 aromatic heterocycles. The Morgan fingerprint density at radius 1 is 1.32 bits per heavy atom. The molecule has 0 aliphatic rings. The number of anilines is 1. The zero-order chi connectivity index (χ0) is 16.7. The van der Waals surface area contributed by atoms with Crippen LogP contribution in [-0.4, -0.2) is 28.9 Å². The van der Waals surface area contributed by atoms with Gasteiger partial charge in [-0.25, -0.2) is 4.79 Å². The van der Waals surface area contributed by atoms with Gasteiger partial charge in [0.1, 0.15) is 6.04 Å². The maximum atomic E-state index is 12.3. The average molecular weight is 303 g/mol. The summed E-state index contributed by atoms with van der Waals surface area (Å²) in [7, 11) is 0. The van der Waals surface area contributed by atoms with E-state index in [9.17, 15) is 19.5 Å². The molecule has 7 nitrogen and oxygen atoms in total. The molecule has 1 aromatic rings. The van der Waals surface area contributed by atoms with Crippen LogP contribution < -0.4 is 10.6 Å². The lowest BCUT2D eigenvalue weighted by Crippen LogP contribution is -2.45. The average Bonchev–Trinajstić information content (AvgIpc) is 2.44. The number of nitrogens with one attached hydrogen (secondary N) is 2. The Morgan fingerprint density at radius 3 is 2.50 bits per heavy atom. The van der Waals surface area contributed by atoms with Gasteiger partial charge in [-0.2, -0.15) is 5.26 Å². The SMILES string of the molecule is CC(=O)Nc1ccccc1C(=O)N[C@H](C(=O)O)[C@H](C)CC#N. The fourth-order valence-corrected chi connectivity index (χ4v) is 1.91. The number of carboxylic acids is 1. The molecule has 0 aliphatic carbocycles.